The highest BCUT2D eigenvalue weighted by atomic mass is 16.4. The van der Waals surface area contributed by atoms with Gasteiger partial charge in [-0.3, -0.25) is 0 Å². The van der Waals surface area contributed by atoms with Crippen molar-refractivity contribution in [3.05, 3.63) is 11.8 Å². The van der Waals surface area contributed by atoms with E-state index in [1.807, 2.05) is 6.92 Å². The van der Waals surface area contributed by atoms with Crippen molar-refractivity contribution in [3.8, 4) is 0 Å². The smallest absolute Gasteiger partial charge is 0.333 e. The molecule has 0 aliphatic carbocycles. The van der Waals surface area contributed by atoms with E-state index in [1.165, 1.54) is 0 Å². The number of nitrogens with two attached hydrogens (primary N) is 1. The number of carbonyl (C=O) groups is 1. The third-order valence-electron chi connectivity index (χ3n) is 0.995. The number of rotatable bonds is 3. The van der Waals surface area contributed by atoms with Gasteiger partial charge in [-0.1, -0.05) is 13.3 Å². The van der Waals surface area contributed by atoms with Crippen LogP contribution in [0.3, 0.4) is 0 Å². The van der Waals surface area contributed by atoms with Gasteiger partial charge in [-0.2, -0.15) is 0 Å². The molecule has 0 radical (unpaired) electrons. The fourth-order valence-electron chi connectivity index (χ4n) is 0.531. The van der Waals surface area contributed by atoms with Gasteiger partial charge in [0.25, 0.3) is 0 Å². The van der Waals surface area contributed by atoms with Crippen molar-refractivity contribution in [2.24, 2.45) is 5.73 Å². The van der Waals surface area contributed by atoms with E-state index in [9.17, 15) is 4.79 Å². The van der Waals surface area contributed by atoms with E-state index < -0.39 is 5.97 Å². The molecule has 52 valence electrons. The van der Waals surface area contributed by atoms with Crippen molar-refractivity contribution in [1.29, 1.82) is 0 Å². The van der Waals surface area contributed by atoms with Crippen molar-refractivity contribution in [2.75, 3.05) is 0 Å². The zero-order valence-corrected chi connectivity index (χ0v) is 5.42. The number of hydrogen-bond acceptors (Lipinski definition) is 2. The summed E-state index contributed by atoms with van der Waals surface area (Å²) in [6.45, 7) is 1.91. The Hall–Kier alpha value is -0.990. The quantitative estimate of drug-likeness (QED) is 0.552. The molecule has 0 spiro atoms. The van der Waals surface area contributed by atoms with E-state index in [2.05, 4.69) is 0 Å². The van der Waals surface area contributed by atoms with Crippen molar-refractivity contribution in [3.63, 3.8) is 0 Å². The minimum Gasteiger partial charge on any atom is -0.478 e. The van der Waals surface area contributed by atoms with Crippen LogP contribution in [0.1, 0.15) is 19.8 Å². The lowest BCUT2D eigenvalue weighted by Gasteiger charge is -1.94. The fourth-order valence-corrected chi connectivity index (χ4v) is 0.531. The first-order valence-corrected chi connectivity index (χ1v) is 2.86. The number of aliphatic carboxylic acids is 1. The average Bonchev–Trinajstić information content (AvgIpc) is 1.82. The van der Waals surface area contributed by atoms with Gasteiger partial charge in [0, 0.05) is 6.20 Å². The summed E-state index contributed by atoms with van der Waals surface area (Å²) in [7, 11) is 0. The summed E-state index contributed by atoms with van der Waals surface area (Å²) in [5.74, 6) is -0.917. The lowest BCUT2D eigenvalue weighted by atomic mass is 10.2. The molecule has 0 bridgehead atoms. The largest absolute Gasteiger partial charge is 0.478 e. The summed E-state index contributed by atoms with van der Waals surface area (Å²) in [5, 5.41) is 8.36. The highest BCUT2D eigenvalue weighted by Crippen LogP contribution is 2.01. The van der Waals surface area contributed by atoms with Crippen LogP contribution in [0, 0.1) is 0 Å². The molecule has 0 atom stereocenters. The minimum atomic E-state index is -0.917. The molecule has 3 nitrogen and oxygen atoms in total. The van der Waals surface area contributed by atoms with Crippen LogP contribution in [-0.4, -0.2) is 11.1 Å². The summed E-state index contributed by atoms with van der Waals surface area (Å²) in [4.78, 5) is 10.2. The normalized spacial score (nSPS) is 11.4. The minimum absolute atomic E-state index is 0.289. The van der Waals surface area contributed by atoms with Crippen LogP contribution < -0.4 is 5.73 Å². The predicted molar refractivity (Wildman–Crippen MR) is 34.8 cm³/mol. The highest BCUT2D eigenvalue weighted by molar-refractivity contribution is 5.86. The molecule has 0 saturated heterocycles. The molecule has 3 heteroatoms. The summed E-state index contributed by atoms with van der Waals surface area (Å²) in [6, 6.07) is 0. The Bertz CT molecular complexity index is 129. The van der Waals surface area contributed by atoms with Gasteiger partial charge in [0.15, 0.2) is 0 Å². The topological polar surface area (TPSA) is 63.3 Å². The summed E-state index contributed by atoms with van der Waals surface area (Å²) >= 11 is 0. The average molecular weight is 129 g/mol. The standard InChI is InChI=1S/C6H11NO2/c1-2-3-5(4-7)6(8)9/h4H,2-3,7H2,1H3,(H,8,9)/b5-4-. The molecule has 0 rings (SSSR count). The maximum absolute atomic E-state index is 10.2. The third-order valence-corrected chi connectivity index (χ3v) is 0.995. The highest BCUT2D eigenvalue weighted by Gasteiger charge is 2.02. The van der Waals surface area contributed by atoms with Gasteiger partial charge in [0.1, 0.15) is 0 Å². The Kier molecular flexibility index (Phi) is 3.51. The molecule has 0 unspecified atom stereocenters. The van der Waals surface area contributed by atoms with Gasteiger partial charge in [0.05, 0.1) is 5.57 Å². The van der Waals surface area contributed by atoms with E-state index in [1.54, 1.807) is 0 Å². The molecule has 3 N–H and O–H groups in total. The molecule has 0 heterocycles. The molecule has 0 amide bonds. The van der Waals surface area contributed by atoms with Crippen molar-refractivity contribution in [1.82, 2.24) is 0 Å². The van der Waals surface area contributed by atoms with Crippen molar-refractivity contribution < 1.29 is 9.90 Å². The first kappa shape index (κ1) is 8.01. The number of carboxylic acids is 1. The van der Waals surface area contributed by atoms with Gasteiger partial charge in [0.2, 0.25) is 0 Å². The van der Waals surface area contributed by atoms with Crippen LogP contribution in [0.4, 0.5) is 0 Å². The molecule has 0 saturated carbocycles. The SMILES string of the molecule is CCC/C(=C/N)C(=O)O. The van der Waals surface area contributed by atoms with Crippen LogP contribution in [0.2, 0.25) is 0 Å². The Morgan fingerprint density at radius 1 is 1.78 bits per heavy atom. The van der Waals surface area contributed by atoms with Crippen LogP contribution in [-0.2, 0) is 4.79 Å². The van der Waals surface area contributed by atoms with Gasteiger partial charge < -0.3 is 10.8 Å². The Morgan fingerprint density at radius 2 is 2.33 bits per heavy atom. The van der Waals surface area contributed by atoms with E-state index in [0.29, 0.717) is 6.42 Å². The second-order valence-corrected chi connectivity index (χ2v) is 1.75. The second kappa shape index (κ2) is 3.95. The summed E-state index contributed by atoms with van der Waals surface area (Å²) in [5.41, 5.74) is 5.31. The molecule has 0 aromatic heterocycles. The lowest BCUT2D eigenvalue weighted by molar-refractivity contribution is -0.132. The van der Waals surface area contributed by atoms with Gasteiger partial charge in [-0.05, 0) is 6.42 Å². The molecule has 0 aliphatic rings. The maximum atomic E-state index is 10.2. The van der Waals surface area contributed by atoms with Crippen LogP contribution >= 0.6 is 0 Å². The molecule has 0 fully saturated rings. The van der Waals surface area contributed by atoms with Crippen LogP contribution in [0.25, 0.3) is 0 Å². The van der Waals surface area contributed by atoms with E-state index in [0.717, 1.165) is 12.6 Å². The first-order chi connectivity index (χ1) is 4.22. The Labute approximate surface area is 54.2 Å². The second-order valence-electron chi connectivity index (χ2n) is 1.75. The van der Waals surface area contributed by atoms with E-state index in [4.69, 9.17) is 10.8 Å². The molecular formula is C6H11NO2. The first-order valence-electron chi connectivity index (χ1n) is 2.86. The van der Waals surface area contributed by atoms with Crippen LogP contribution in [0.15, 0.2) is 11.8 Å². The lowest BCUT2D eigenvalue weighted by Crippen LogP contribution is -2.02. The van der Waals surface area contributed by atoms with Crippen LogP contribution in [0.5, 0.6) is 0 Å². The van der Waals surface area contributed by atoms with Gasteiger partial charge >= 0.3 is 5.97 Å². The zero-order chi connectivity index (χ0) is 7.28. The third kappa shape index (κ3) is 2.74. The Morgan fingerprint density at radius 3 is 2.44 bits per heavy atom. The fraction of sp³-hybridized carbons (Fsp3) is 0.500. The molecule has 0 aromatic carbocycles. The molecule has 0 aromatic rings. The molecule has 9 heavy (non-hydrogen) atoms. The summed E-state index contributed by atoms with van der Waals surface area (Å²) in [6.07, 6.45) is 2.51. The molecular weight excluding hydrogens is 118 g/mol. The van der Waals surface area contributed by atoms with E-state index >= 15 is 0 Å². The van der Waals surface area contributed by atoms with Crippen molar-refractivity contribution in [2.45, 2.75) is 19.8 Å². The maximum Gasteiger partial charge on any atom is 0.333 e. The monoisotopic (exact) mass is 129 g/mol. The summed E-state index contributed by atoms with van der Waals surface area (Å²) < 4.78 is 0. The molecule has 0 aliphatic heterocycles. The van der Waals surface area contributed by atoms with E-state index in [-0.39, 0.29) is 5.57 Å². The van der Waals surface area contributed by atoms with Gasteiger partial charge in [-0.15, -0.1) is 0 Å². The van der Waals surface area contributed by atoms with Gasteiger partial charge in [-0.25, -0.2) is 4.79 Å². The Balaban J connectivity index is 3.85. The predicted octanol–water partition coefficient (Wildman–Crippen LogP) is 0.714. The number of carboxylic acid groups (broad SMARTS) is 1. The zero-order valence-electron chi connectivity index (χ0n) is 5.42. The van der Waals surface area contributed by atoms with Crippen molar-refractivity contribution >= 4 is 5.97 Å². The number of hydrogen-bond donors (Lipinski definition) is 2.